The minimum absolute atomic E-state index is 0.443. The van der Waals surface area contributed by atoms with Crippen LogP contribution in [-0.2, 0) is 12.8 Å². The van der Waals surface area contributed by atoms with E-state index in [0.29, 0.717) is 16.3 Å². The fourth-order valence-electron chi connectivity index (χ4n) is 4.32. The zero-order valence-corrected chi connectivity index (χ0v) is 12.9. The minimum Gasteiger partial charge on any atom is -0.490 e. The Morgan fingerprint density at radius 1 is 1.05 bits per heavy atom. The Bertz CT molecular complexity index is 490. The summed E-state index contributed by atoms with van der Waals surface area (Å²) in [5, 5.41) is 0. The number of halogens is 1. The third kappa shape index (κ3) is 1.86. The molecule has 0 N–H and O–H groups in total. The number of rotatable bonds is 2. The van der Waals surface area contributed by atoms with E-state index < -0.39 is 0 Å². The van der Waals surface area contributed by atoms with Gasteiger partial charge in [-0.15, -0.1) is 0 Å². The van der Waals surface area contributed by atoms with Gasteiger partial charge < -0.3 is 4.74 Å². The van der Waals surface area contributed by atoms with Crippen LogP contribution < -0.4 is 4.74 Å². The number of hydrogen-bond donors (Lipinski definition) is 0. The highest BCUT2D eigenvalue weighted by Gasteiger charge is 2.56. The van der Waals surface area contributed by atoms with Crippen molar-refractivity contribution in [2.75, 3.05) is 0 Å². The molecular weight excluding hydrogens is 300 g/mol. The molecule has 0 amide bonds. The molecule has 1 nitrogen and oxygen atoms in total. The molecule has 2 saturated carbocycles. The highest BCUT2D eigenvalue weighted by atomic mass is 79.9. The molecule has 0 saturated heterocycles. The largest absolute Gasteiger partial charge is 0.490 e. The first-order valence-electron chi connectivity index (χ1n) is 7.70. The van der Waals surface area contributed by atoms with Crippen molar-refractivity contribution in [2.45, 2.75) is 62.3 Å². The molecule has 2 fully saturated rings. The first-order chi connectivity index (χ1) is 9.28. The maximum atomic E-state index is 6.35. The van der Waals surface area contributed by atoms with Crippen molar-refractivity contribution in [3.05, 3.63) is 29.3 Å². The topological polar surface area (TPSA) is 9.23 Å². The summed E-state index contributed by atoms with van der Waals surface area (Å²) in [4.78, 5) is 0.682. The second kappa shape index (κ2) is 4.51. The summed E-state index contributed by atoms with van der Waals surface area (Å²) in [6.07, 6.45) is 10.9. The smallest absolute Gasteiger partial charge is 0.120 e. The Hall–Kier alpha value is -0.500. The van der Waals surface area contributed by atoms with Crippen LogP contribution in [0, 0.1) is 5.41 Å². The third-order valence-electron chi connectivity index (χ3n) is 5.57. The van der Waals surface area contributed by atoms with Gasteiger partial charge in [0.25, 0.3) is 0 Å². The van der Waals surface area contributed by atoms with E-state index >= 15 is 0 Å². The maximum Gasteiger partial charge on any atom is 0.120 e. The molecule has 102 valence electrons. The normalized spacial score (nSPS) is 31.2. The molecule has 1 aromatic carbocycles. The number of hydrogen-bond acceptors (Lipinski definition) is 1. The summed E-state index contributed by atoms with van der Waals surface area (Å²) in [5.74, 6) is 1.11. The van der Waals surface area contributed by atoms with E-state index in [2.05, 4.69) is 34.1 Å². The monoisotopic (exact) mass is 320 g/mol. The van der Waals surface area contributed by atoms with Crippen molar-refractivity contribution >= 4 is 15.9 Å². The number of benzene rings is 1. The van der Waals surface area contributed by atoms with Gasteiger partial charge in [0.2, 0.25) is 0 Å². The molecule has 1 spiro atoms. The van der Waals surface area contributed by atoms with Crippen LogP contribution in [0.15, 0.2) is 18.2 Å². The van der Waals surface area contributed by atoms with E-state index in [1.54, 1.807) is 0 Å². The molecule has 0 aromatic heterocycles. The van der Waals surface area contributed by atoms with Gasteiger partial charge in [0.05, 0.1) is 0 Å². The van der Waals surface area contributed by atoms with Crippen LogP contribution in [-0.4, -0.2) is 10.9 Å². The molecule has 4 rings (SSSR count). The number of ether oxygens (including phenoxy) is 1. The van der Waals surface area contributed by atoms with Gasteiger partial charge in [-0.05, 0) is 61.8 Å². The SMILES string of the molecule is BrC1CC(Oc2ccc3c(c2)CCC3)C12CCCC2. The zero-order chi connectivity index (χ0) is 12.9. The van der Waals surface area contributed by atoms with Crippen molar-refractivity contribution in [1.82, 2.24) is 0 Å². The molecule has 1 aromatic rings. The molecule has 0 radical (unpaired) electrons. The van der Waals surface area contributed by atoms with E-state index in [0.717, 1.165) is 5.75 Å². The lowest BCUT2D eigenvalue weighted by molar-refractivity contribution is -0.0304. The predicted octanol–water partition coefficient (Wildman–Crippen LogP) is 4.65. The summed E-state index contributed by atoms with van der Waals surface area (Å²) < 4.78 is 6.35. The van der Waals surface area contributed by atoms with Gasteiger partial charge in [-0.2, -0.15) is 0 Å². The van der Waals surface area contributed by atoms with Crippen LogP contribution in [0.5, 0.6) is 5.75 Å². The molecule has 3 aliphatic rings. The van der Waals surface area contributed by atoms with Gasteiger partial charge in [-0.25, -0.2) is 0 Å². The van der Waals surface area contributed by atoms with Gasteiger partial charge in [0, 0.05) is 10.2 Å². The molecule has 0 aliphatic heterocycles. The molecule has 0 heterocycles. The standard InChI is InChI=1S/C17H21BrO/c18-15-11-16(17(15)8-1-2-9-17)19-14-7-6-12-4-3-5-13(12)10-14/h6-7,10,15-16H,1-5,8-9,11H2. The number of fused-ring (bicyclic) bond motifs is 1. The van der Waals surface area contributed by atoms with Crippen molar-refractivity contribution in [1.29, 1.82) is 0 Å². The molecule has 2 unspecified atom stereocenters. The fourth-order valence-corrected chi connectivity index (χ4v) is 5.41. The van der Waals surface area contributed by atoms with E-state index in [9.17, 15) is 0 Å². The van der Waals surface area contributed by atoms with E-state index in [1.807, 2.05) is 0 Å². The molecule has 0 bridgehead atoms. The zero-order valence-electron chi connectivity index (χ0n) is 11.3. The summed E-state index contributed by atoms with van der Waals surface area (Å²) in [6, 6.07) is 6.77. The Kier molecular flexibility index (Phi) is 2.91. The average Bonchev–Trinajstić information content (AvgIpc) is 3.08. The van der Waals surface area contributed by atoms with Crippen molar-refractivity contribution in [3.8, 4) is 5.75 Å². The Morgan fingerprint density at radius 2 is 1.84 bits per heavy atom. The predicted molar refractivity (Wildman–Crippen MR) is 81.1 cm³/mol. The molecule has 19 heavy (non-hydrogen) atoms. The highest BCUT2D eigenvalue weighted by molar-refractivity contribution is 9.09. The summed E-state index contributed by atoms with van der Waals surface area (Å²) in [6.45, 7) is 0. The van der Waals surface area contributed by atoms with Gasteiger partial charge in [0.15, 0.2) is 0 Å². The van der Waals surface area contributed by atoms with E-state index in [-0.39, 0.29) is 0 Å². The lowest BCUT2D eigenvalue weighted by Crippen LogP contribution is -2.55. The van der Waals surface area contributed by atoms with Crippen LogP contribution in [0.25, 0.3) is 0 Å². The molecule has 3 aliphatic carbocycles. The number of alkyl halides is 1. The van der Waals surface area contributed by atoms with E-state index in [1.165, 1.54) is 62.5 Å². The van der Waals surface area contributed by atoms with Crippen molar-refractivity contribution in [3.63, 3.8) is 0 Å². The maximum absolute atomic E-state index is 6.35. The van der Waals surface area contributed by atoms with E-state index in [4.69, 9.17) is 4.74 Å². The van der Waals surface area contributed by atoms with Crippen LogP contribution in [0.2, 0.25) is 0 Å². The number of aryl methyl sites for hydroxylation is 2. The van der Waals surface area contributed by atoms with Gasteiger partial charge >= 0.3 is 0 Å². The molecule has 2 heteroatoms. The van der Waals surface area contributed by atoms with Crippen molar-refractivity contribution in [2.24, 2.45) is 5.41 Å². The van der Waals surface area contributed by atoms with Crippen LogP contribution in [0.1, 0.15) is 49.7 Å². The molecular formula is C17H21BrO. The lowest BCUT2D eigenvalue weighted by atomic mass is 9.64. The summed E-state index contributed by atoms with van der Waals surface area (Å²) in [5.41, 5.74) is 3.50. The first-order valence-corrected chi connectivity index (χ1v) is 8.62. The first kappa shape index (κ1) is 12.3. The quantitative estimate of drug-likeness (QED) is 0.721. The highest BCUT2D eigenvalue weighted by Crippen LogP contribution is 2.57. The van der Waals surface area contributed by atoms with Gasteiger partial charge in [0.1, 0.15) is 11.9 Å². The molecule has 2 atom stereocenters. The Labute approximate surface area is 123 Å². The second-order valence-electron chi connectivity index (χ2n) is 6.53. The lowest BCUT2D eigenvalue weighted by Gasteiger charge is -2.51. The summed E-state index contributed by atoms with van der Waals surface area (Å²) in [7, 11) is 0. The van der Waals surface area contributed by atoms with Crippen LogP contribution in [0.4, 0.5) is 0 Å². The van der Waals surface area contributed by atoms with Gasteiger partial charge in [-0.1, -0.05) is 34.8 Å². The van der Waals surface area contributed by atoms with Crippen LogP contribution >= 0.6 is 15.9 Å². The fraction of sp³-hybridized carbons (Fsp3) is 0.647. The summed E-state index contributed by atoms with van der Waals surface area (Å²) >= 11 is 3.87. The Morgan fingerprint density at radius 3 is 2.63 bits per heavy atom. The third-order valence-corrected chi connectivity index (χ3v) is 6.85. The van der Waals surface area contributed by atoms with Gasteiger partial charge in [-0.3, -0.25) is 0 Å². The van der Waals surface area contributed by atoms with Crippen molar-refractivity contribution < 1.29 is 4.74 Å². The minimum atomic E-state index is 0.443. The second-order valence-corrected chi connectivity index (χ2v) is 7.64. The van der Waals surface area contributed by atoms with Crippen LogP contribution in [0.3, 0.4) is 0 Å². The Balaban J connectivity index is 1.53. The average molecular weight is 321 g/mol.